The SMILES string of the molecule is COc1ccc(C(C)N2CC(=O)CC2=O)cc1. The van der Waals surface area contributed by atoms with Gasteiger partial charge in [0.25, 0.3) is 0 Å². The van der Waals surface area contributed by atoms with Gasteiger partial charge >= 0.3 is 0 Å². The van der Waals surface area contributed by atoms with Gasteiger partial charge in [0.1, 0.15) is 5.75 Å². The molecule has 0 N–H and O–H groups in total. The van der Waals surface area contributed by atoms with E-state index in [1.807, 2.05) is 31.2 Å². The Morgan fingerprint density at radius 1 is 1.24 bits per heavy atom. The third-order valence-electron chi connectivity index (χ3n) is 3.08. The molecule has 1 saturated heterocycles. The standard InChI is InChI=1S/C13H15NO3/c1-9(14-8-11(15)7-13(14)16)10-3-5-12(17-2)6-4-10/h3-6,9H,7-8H2,1-2H3. The second kappa shape index (κ2) is 4.57. The molecular formula is C13H15NO3. The highest BCUT2D eigenvalue weighted by Gasteiger charge is 2.31. The minimum atomic E-state index is -0.0849. The number of hydrogen-bond donors (Lipinski definition) is 0. The summed E-state index contributed by atoms with van der Waals surface area (Å²) in [7, 11) is 1.61. The maximum Gasteiger partial charge on any atom is 0.230 e. The van der Waals surface area contributed by atoms with Crippen LogP contribution in [0.15, 0.2) is 24.3 Å². The fourth-order valence-corrected chi connectivity index (χ4v) is 2.02. The molecule has 1 amide bonds. The summed E-state index contributed by atoms with van der Waals surface area (Å²) in [6, 6.07) is 7.47. The molecule has 2 rings (SSSR count). The quantitative estimate of drug-likeness (QED) is 0.744. The predicted octanol–water partition coefficient (Wildman–Crippen LogP) is 1.56. The number of nitrogens with zero attached hydrogens (tertiary/aromatic N) is 1. The minimum absolute atomic E-state index is 0.00429. The highest BCUT2D eigenvalue weighted by Crippen LogP contribution is 2.25. The van der Waals surface area contributed by atoms with Gasteiger partial charge in [-0.1, -0.05) is 12.1 Å². The topological polar surface area (TPSA) is 46.6 Å². The van der Waals surface area contributed by atoms with Crippen LogP contribution in [-0.2, 0) is 9.59 Å². The zero-order valence-electron chi connectivity index (χ0n) is 9.97. The number of Topliss-reactive ketones (excluding diaryl/α,β-unsaturated/α-hetero) is 1. The molecule has 1 atom stereocenters. The van der Waals surface area contributed by atoms with Crippen molar-refractivity contribution in [2.24, 2.45) is 0 Å². The number of benzene rings is 1. The normalized spacial score (nSPS) is 17.4. The molecule has 1 fully saturated rings. The van der Waals surface area contributed by atoms with Crippen molar-refractivity contribution >= 4 is 11.7 Å². The number of ether oxygens (including phenoxy) is 1. The van der Waals surface area contributed by atoms with Gasteiger partial charge in [0.2, 0.25) is 5.91 Å². The number of carbonyl (C=O) groups is 2. The number of carbonyl (C=O) groups excluding carboxylic acids is 2. The largest absolute Gasteiger partial charge is 0.497 e. The average molecular weight is 233 g/mol. The zero-order valence-corrected chi connectivity index (χ0v) is 9.97. The average Bonchev–Trinajstić information content (AvgIpc) is 2.68. The van der Waals surface area contributed by atoms with Crippen molar-refractivity contribution in [1.29, 1.82) is 0 Å². The molecule has 0 radical (unpaired) electrons. The summed E-state index contributed by atoms with van der Waals surface area (Å²) < 4.78 is 5.08. The van der Waals surface area contributed by atoms with Crippen molar-refractivity contribution in [3.05, 3.63) is 29.8 Å². The van der Waals surface area contributed by atoms with Crippen molar-refractivity contribution in [3.63, 3.8) is 0 Å². The van der Waals surface area contributed by atoms with Crippen molar-refractivity contribution < 1.29 is 14.3 Å². The second-order valence-corrected chi connectivity index (χ2v) is 4.19. The molecule has 0 spiro atoms. The molecule has 0 saturated carbocycles. The Balaban J connectivity index is 2.16. The molecule has 4 heteroatoms. The maximum atomic E-state index is 11.6. The molecule has 4 nitrogen and oxygen atoms in total. The number of hydrogen-bond acceptors (Lipinski definition) is 3. The molecule has 1 unspecified atom stereocenters. The van der Waals surface area contributed by atoms with Crippen LogP contribution in [0.2, 0.25) is 0 Å². The number of likely N-dealkylation sites (tertiary alicyclic amines) is 1. The highest BCUT2D eigenvalue weighted by atomic mass is 16.5. The summed E-state index contributed by atoms with van der Waals surface area (Å²) in [6.07, 6.45) is 0.0422. The van der Waals surface area contributed by atoms with Gasteiger partial charge in [-0.2, -0.15) is 0 Å². The molecule has 1 heterocycles. The Hall–Kier alpha value is -1.84. The second-order valence-electron chi connectivity index (χ2n) is 4.19. The first-order chi connectivity index (χ1) is 8.11. The van der Waals surface area contributed by atoms with Gasteiger partial charge in [0.15, 0.2) is 5.78 Å². The van der Waals surface area contributed by atoms with Gasteiger partial charge in [-0.3, -0.25) is 9.59 Å². The fraction of sp³-hybridized carbons (Fsp3) is 0.385. The number of methoxy groups -OCH3 is 1. The lowest BCUT2D eigenvalue weighted by molar-refractivity contribution is -0.129. The van der Waals surface area contributed by atoms with E-state index in [4.69, 9.17) is 4.74 Å². The van der Waals surface area contributed by atoms with E-state index < -0.39 is 0 Å². The zero-order chi connectivity index (χ0) is 12.4. The first-order valence-corrected chi connectivity index (χ1v) is 5.57. The number of rotatable bonds is 3. The van der Waals surface area contributed by atoms with E-state index in [0.717, 1.165) is 11.3 Å². The Labute approximate surface area is 100 Å². The van der Waals surface area contributed by atoms with E-state index in [0.29, 0.717) is 0 Å². The first-order valence-electron chi connectivity index (χ1n) is 5.57. The van der Waals surface area contributed by atoms with Crippen LogP contribution in [0.4, 0.5) is 0 Å². The van der Waals surface area contributed by atoms with E-state index in [9.17, 15) is 9.59 Å². The van der Waals surface area contributed by atoms with Gasteiger partial charge in [0.05, 0.1) is 26.1 Å². The summed E-state index contributed by atoms with van der Waals surface area (Å²) in [5, 5.41) is 0. The van der Waals surface area contributed by atoms with Gasteiger partial charge in [-0.25, -0.2) is 0 Å². The third kappa shape index (κ3) is 2.30. The fourth-order valence-electron chi connectivity index (χ4n) is 2.02. The lowest BCUT2D eigenvalue weighted by atomic mass is 10.1. The molecule has 1 aliphatic heterocycles. The summed E-state index contributed by atoms with van der Waals surface area (Å²) in [5.41, 5.74) is 1.01. The van der Waals surface area contributed by atoms with Crippen molar-refractivity contribution in [2.45, 2.75) is 19.4 Å². The van der Waals surface area contributed by atoms with Crippen LogP contribution in [0.1, 0.15) is 24.9 Å². The predicted molar refractivity (Wildman–Crippen MR) is 62.7 cm³/mol. The maximum absolute atomic E-state index is 11.6. The lowest BCUT2D eigenvalue weighted by Gasteiger charge is -2.23. The van der Waals surface area contributed by atoms with Gasteiger partial charge in [-0.05, 0) is 24.6 Å². The van der Waals surface area contributed by atoms with Gasteiger partial charge in [0, 0.05) is 0 Å². The van der Waals surface area contributed by atoms with Gasteiger partial charge < -0.3 is 9.64 Å². The van der Waals surface area contributed by atoms with Crippen LogP contribution in [0, 0.1) is 0 Å². The van der Waals surface area contributed by atoms with E-state index in [1.165, 1.54) is 0 Å². The molecule has 17 heavy (non-hydrogen) atoms. The summed E-state index contributed by atoms with van der Waals surface area (Å²) in [5.74, 6) is 0.693. The molecule has 1 aliphatic rings. The minimum Gasteiger partial charge on any atom is -0.497 e. The molecule has 0 aliphatic carbocycles. The van der Waals surface area contributed by atoms with Crippen LogP contribution in [0.3, 0.4) is 0 Å². The Morgan fingerprint density at radius 2 is 1.88 bits per heavy atom. The van der Waals surface area contributed by atoms with Gasteiger partial charge in [-0.15, -0.1) is 0 Å². The Morgan fingerprint density at radius 3 is 2.35 bits per heavy atom. The van der Waals surface area contributed by atoms with E-state index in [2.05, 4.69) is 0 Å². The summed E-state index contributed by atoms with van der Waals surface area (Å²) in [4.78, 5) is 24.4. The Kier molecular flexibility index (Phi) is 3.13. The van der Waals surface area contributed by atoms with Crippen LogP contribution < -0.4 is 4.74 Å². The van der Waals surface area contributed by atoms with Crippen LogP contribution in [0.5, 0.6) is 5.75 Å². The molecule has 1 aromatic carbocycles. The van der Waals surface area contributed by atoms with Crippen molar-refractivity contribution in [2.75, 3.05) is 13.7 Å². The van der Waals surface area contributed by atoms with E-state index in [-0.39, 0.29) is 30.7 Å². The van der Waals surface area contributed by atoms with Crippen LogP contribution in [0.25, 0.3) is 0 Å². The van der Waals surface area contributed by atoms with E-state index >= 15 is 0 Å². The highest BCUT2D eigenvalue weighted by molar-refractivity contribution is 6.05. The van der Waals surface area contributed by atoms with Crippen molar-refractivity contribution in [3.8, 4) is 5.75 Å². The molecule has 90 valence electrons. The van der Waals surface area contributed by atoms with Crippen LogP contribution in [-0.4, -0.2) is 30.2 Å². The Bertz CT molecular complexity index is 438. The smallest absolute Gasteiger partial charge is 0.230 e. The number of amides is 1. The third-order valence-corrected chi connectivity index (χ3v) is 3.08. The molecule has 0 bridgehead atoms. The monoisotopic (exact) mass is 233 g/mol. The first kappa shape index (κ1) is 11.6. The number of ketones is 1. The lowest BCUT2D eigenvalue weighted by Crippen LogP contribution is -2.28. The van der Waals surface area contributed by atoms with Crippen LogP contribution >= 0.6 is 0 Å². The summed E-state index contributed by atoms with van der Waals surface area (Å²) in [6.45, 7) is 2.16. The molecule has 0 aromatic heterocycles. The summed E-state index contributed by atoms with van der Waals surface area (Å²) >= 11 is 0. The molecular weight excluding hydrogens is 218 g/mol. The van der Waals surface area contributed by atoms with Crippen molar-refractivity contribution in [1.82, 2.24) is 4.90 Å². The molecule has 1 aromatic rings. The van der Waals surface area contributed by atoms with E-state index in [1.54, 1.807) is 12.0 Å².